The molecule has 0 radical (unpaired) electrons. The number of rotatable bonds is 4. The van der Waals surface area contributed by atoms with Gasteiger partial charge in [0.1, 0.15) is 0 Å². The number of benzene rings is 4. The van der Waals surface area contributed by atoms with E-state index in [4.69, 9.17) is 3.07 Å². The summed E-state index contributed by atoms with van der Waals surface area (Å²) in [6.07, 6.45) is -37.3. The summed E-state index contributed by atoms with van der Waals surface area (Å²) in [5, 5.41) is 0. The summed E-state index contributed by atoms with van der Waals surface area (Å²) in [7, 11) is 0. The van der Waals surface area contributed by atoms with Crippen molar-refractivity contribution < 1.29 is 82.1 Å². The fourth-order valence-electron chi connectivity index (χ4n) is 5.71. The first-order chi connectivity index (χ1) is 23.6. The van der Waals surface area contributed by atoms with Crippen molar-refractivity contribution in [2.45, 2.75) is 37.1 Å². The van der Waals surface area contributed by atoms with E-state index in [1.165, 1.54) is 36.4 Å². The molecular formula is C32H14F18OSn. The third-order valence-electron chi connectivity index (χ3n) is 7.74. The van der Waals surface area contributed by atoms with E-state index in [9.17, 15) is 79.0 Å². The Morgan fingerprint density at radius 2 is 0.654 bits per heavy atom. The predicted octanol–water partition coefficient (Wildman–Crippen LogP) is 10.9. The van der Waals surface area contributed by atoms with Crippen molar-refractivity contribution >= 4 is 31.5 Å². The SMILES string of the molecule is FC(F)(F)c1cc(C(F)(F)F)[c]([Sn]2([c]3c(C(F)(F)F)cc(C(F)(F)F)cc3C(F)(F)F)[O][C]2=C(c2ccccc2)c2ccccc2)c(C(F)(F)F)c1. The molecule has 1 fully saturated rings. The zero-order chi connectivity index (χ0) is 39.0. The number of hydrogen-bond donors (Lipinski definition) is 0. The van der Waals surface area contributed by atoms with Crippen molar-refractivity contribution in [2.24, 2.45) is 0 Å². The van der Waals surface area contributed by atoms with E-state index in [1.54, 1.807) is 0 Å². The summed E-state index contributed by atoms with van der Waals surface area (Å²) in [4.78, 5) is 0. The van der Waals surface area contributed by atoms with Crippen LogP contribution in [0.2, 0.25) is 0 Å². The molecule has 0 atom stereocenters. The first kappa shape index (κ1) is 39.2. The molecule has 0 aromatic heterocycles. The van der Waals surface area contributed by atoms with Gasteiger partial charge in [-0.25, -0.2) is 0 Å². The Kier molecular flexibility index (Phi) is 9.44. The Balaban J connectivity index is 2.17. The van der Waals surface area contributed by atoms with Crippen molar-refractivity contribution in [3.05, 3.63) is 133 Å². The molecule has 4 aromatic carbocycles. The van der Waals surface area contributed by atoms with Gasteiger partial charge in [-0.1, -0.05) is 0 Å². The van der Waals surface area contributed by atoms with Crippen LogP contribution in [0.25, 0.3) is 5.57 Å². The van der Waals surface area contributed by atoms with Gasteiger partial charge in [0.05, 0.1) is 0 Å². The van der Waals surface area contributed by atoms with Gasteiger partial charge in [-0.15, -0.1) is 0 Å². The number of halogens is 18. The van der Waals surface area contributed by atoms with Gasteiger partial charge in [-0.3, -0.25) is 0 Å². The van der Waals surface area contributed by atoms with Crippen LogP contribution in [0.3, 0.4) is 0 Å². The molecule has 0 spiro atoms. The molecule has 5 rings (SSSR count). The van der Waals surface area contributed by atoms with E-state index in [1.807, 2.05) is 0 Å². The molecule has 0 aliphatic carbocycles. The summed E-state index contributed by atoms with van der Waals surface area (Å²) >= 11 is -7.98. The fraction of sp³-hybridized carbons (Fsp3) is 0.188. The monoisotopic (exact) mass is 876 g/mol. The van der Waals surface area contributed by atoms with Gasteiger partial charge in [0, 0.05) is 0 Å². The third-order valence-corrected chi connectivity index (χ3v) is 18.6. The number of alkyl halides is 18. The normalized spacial score (nSPS) is 15.4. The van der Waals surface area contributed by atoms with Crippen LogP contribution in [0, 0.1) is 0 Å². The molecule has 20 heteroatoms. The molecule has 1 saturated heterocycles. The molecule has 1 heterocycles. The third kappa shape index (κ3) is 7.28. The van der Waals surface area contributed by atoms with Gasteiger partial charge in [0.2, 0.25) is 0 Å². The van der Waals surface area contributed by atoms with Crippen LogP contribution < -0.4 is 7.16 Å². The van der Waals surface area contributed by atoms with Crippen LogP contribution in [0.5, 0.6) is 0 Å². The van der Waals surface area contributed by atoms with Crippen molar-refractivity contribution in [1.82, 2.24) is 0 Å². The van der Waals surface area contributed by atoms with Crippen LogP contribution >= 0.6 is 0 Å². The molecular weight excluding hydrogens is 861 g/mol. The summed E-state index contributed by atoms with van der Waals surface area (Å²) in [5.41, 5.74) is -18.2. The summed E-state index contributed by atoms with van der Waals surface area (Å²) in [6.45, 7) is 0. The molecule has 0 saturated carbocycles. The minimum absolute atomic E-state index is 0.259. The number of hydrogen-bond acceptors (Lipinski definition) is 1. The van der Waals surface area contributed by atoms with E-state index in [0.717, 1.165) is 24.3 Å². The van der Waals surface area contributed by atoms with Gasteiger partial charge in [-0.2, -0.15) is 0 Å². The maximum atomic E-state index is 14.8. The molecule has 0 bridgehead atoms. The van der Waals surface area contributed by atoms with Gasteiger partial charge in [0.25, 0.3) is 0 Å². The van der Waals surface area contributed by atoms with Crippen molar-refractivity contribution in [3.63, 3.8) is 0 Å². The molecule has 0 amide bonds. The summed E-state index contributed by atoms with van der Waals surface area (Å²) in [6, 6.07) is 8.17. The topological polar surface area (TPSA) is 12.5 Å². The fourth-order valence-corrected chi connectivity index (χ4v) is 19.9. The van der Waals surface area contributed by atoms with Crippen molar-refractivity contribution in [3.8, 4) is 0 Å². The van der Waals surface area contributed by atoms with Crippen LogP contribution in [0.4, 0.5) is 79.0 Å². The average Bonchev–Trinajstić information content (AvgIpc) is 3.73. The second-order valence-electron chi connectivity index (χ2n) is 11.1. The van der Waals surface area contributed by atoms with E-state index >= 15 is 0 Å². The first-order valence-electron chi connectivity index (χ1n) is 13.9. The Morgan fingerprint density at radius 1 is 0.385 bits per heavy atom. The van der Waals surface area contributed by atoms with E-state index in [-0.39, 0.29) is 11.1 Å². The molecule has 1 aliphatic heterocycles. The second-order valence-corrected chi connectivity index (χ2v) is 19.7. The van der Waals surface area contributed by atoms with Crippen LogP contribution in [-0.4, -0.2) is 18.8 Å². The Hall–Kier alpha value is -4.04. The summed E-state index contributed by atoms with van der Waals surface area (Å²) in [5.74, 6) is 0. The molecule has 0 unspecified atom stereocenters. The Bertz CT molecular complexity index is 1810. The standard InChI is InChI=1S/C14H10O.2C9H2F9.Sn/c15-11-14(12-7-3-1-4-8-12)13-9-5-2-6-10-13;2*10-7(11,12)4-1-5(8(13,14)15)3-6(2-4)9(16,17)18;/h1-10H;2*1-2H;/q-1;;;+1. The zero-order valence-electron chi connectivity index (χ0n) is 24.8. The van der Waals surface area contributed by atoms with Gasteiger partial charge in [0.15, 0.2) is 0 Å². The first-order valence-corrected chi connectivity index (χ1v) is 19.4. The summed E-state index contributed by atoms with van der Waals surface area (Å²) < 4.78 is 259. The molecule has 278 valence electrons. The van der Waals surface area contributed by atoms with Crippen molar-refractivity contribution in [1.29, 1.82) is 0 Å². The van der Waals surface area contributed by atoms with E-state index in [0.29, 0.717) is 0 Å². The molecule has 4 aromatic rings. The molecule has 52 heavy (non-hydrogen) atoms. The van der Waals surface area contributed by atoms with Crippen LogP contribution in [-0.2, 0) is 40.1 Å². The average molecular weight is 875 g/mol. The van der Waals surface area contributed by atoms with Gasteiger partial charge >= 0.3 is 284 Å². The minimum atomic E-state index is -7.98. The van der Waals surface area contributed by atoms with Gasteiger partial charge < -0.3 is 0 Å². The van der Waals surface area contributed by atoms with Crippen LogP contribution in [0.1, 0.15) is 44.5 Å². The Labute approximate surface area is 283 Å². The van der Waals surface area contributed by atoms with Crippen LogP contribution in [0.15, 0.2) is 88.7 Å². The Morgan fingerprint density at radius 3 is 0.885 bits per heavy atom. The van der Waals surface area contributed by atoms with E-state index < -0.39 is 130 Å². The van der Waals surface area contributed by atoms with E-state index in [2.05, 4.69) is 0 Å². The maximum absolute atomic E-state index is 14.8. The molecule has 1 aliphatic rings. The second kappa shape index (κ2) is 12.5. The molecule has 0 N–H and O–H groups in total. The predicted molar refractivity (Wildman–Crippen MR) is 148 cm³/mol. The zero-order valence-corrected chi connectivity index (χ0v) is 27.6. The quantitative estimate of drug-likeness (QED) is 0.113. The van der Waals surface area contributed by atoms with Crippen molar-refractivity contribution in [2.75, 3.05) is 0 Å². The van der Waals surface area contributed by atoms with Gasteiger partial charge in [-0.05, 0) is 0 Å². The molecule has 1 nitrogen and oxygen atoms in total.